The first-order valence-corrected chi connectivity index (χ1v) is 12.2. The molecule has 2 aliphatic heterocycles. The van der Waals surface area contributed by atoms with Gasteiger partial charge in [0.15, 0.2) is 0 Å². The Morgan fingerprint density at radius 2 is 1.71 bits per heavy atom. The lowest BCUT2D eigenvalue weighted by molar-refractivity contribution is -0.132. The number of fused-ring (bicyclic) bond motifs is 1. The van der Waals surface area contributed by atoms with Crippen molar-refractivity contribution >= 4 is 29.3 Å². The summed E-state index contributed by atoms with van der Waals surface area (Å²) in [5.41, 5.74) is 2.55. The second kappa shape index (κ2) is 10.7. The molecule has 2 N–H and O–H groups in total. The smallest absolute Gasteiger partial charge is 0.250 e. The Kier molecular flexibility index (Phi) is 7.48. The fraction of sp³-hybridized carbons (Fsp3) is 0.407. The molecule has 2 heterocycles. The van der Waals surface area contributed by atoms with Crippen molar-refractivity contribution in [2.75, 3.05) is 24.5 Å². The van der Waals surface area contributed by atoms with Crippen molar-refractivity contribution in [3.63, 3.8) is 0 Å². The lowest BCUT2D eigenvalue weighted by Crippen LogP contribution is -2.56. The number of hydrogen-bond donors (Lipinski definition) is 2. The Balaban J connectivity index is 1.73. The van der Waals surface area contributed by atoms with Crippen LogP contribution in [0.15, 0.2) is 54.6 Å². The van der Waals surface area contributed by atoms with E-state index in [1.54, 1.807) is 4.90 Å². The summed E-state index contributed by atoms with van der Waals surface area (Å²) in [5, 5.41) is 5.63. The molecule has 4 rings (SSSR count). The fourth-order valence-corrected chi connectivity index (χ4v) is 4.97. The monoisotopic (exact) mass is 476 g/mol. The average molecular weight is 477 g/mol. The van der Waals surface area contributed by atoms with Gasteiger partial charge < -0.3 is 20.4 Å². The van der Waals surface area contributed by atoms with Crippen LogP contribution in [0.3, 0.4) is 0 Å². The third-order valence-electron chi connectivity index (χ3n) is 6.90. The van der Waals surface area contributed by atoms with Crippen LogP contribution in [0.4, 0.5) is 5.69 Å². The second-order valence-corrected chi connectivity index (χ2v) is 8.99. The van der Waals surface area contributed by atoms with Crippen molar-refractivity contribution in [1.29, 1.82) is 0 Å². The van der Waals surface area contributed by atoms with Crippen LogP contribution in [0.25, 0.3) is 0 Å². The predicted octanol–water partition coefficient (Wildman–Crippen LogP) is 1.99. The van der Waals surface area contributed by atoms with E-state index in [-0.39, 0.29) is 42.5 Å². The summed E-state index contributed by atoms with van der Waals surface area (Å²) in [6, 6.07) is 15.7. The molecule has 2 aromatic rings. The summed E-state index contributed by atoms with van der Waals surface area (Å²) in [5.74, 6) is -1.36. The second-order valence-electron chi connectivity index (χ2n) is 8.99. The molecule has 0 aromatic heterocycles. The summed E-state index contributed by atoms with van der Waals surface area (Å²) in [6.07, 6.45) is 1.20. The maximum absolute atomic E-state index is 14.1. The Morgan fingerprint density at radius 3 is 2.37 bits per heavy atom. The fourth-order valence-electron chi connectivity index (χ4n) is 4.97. The summed E-state index contributed by atoms with van der Waals surface area (Å²) in [4.78, 5) is 55.2. The van der Waals surface area contributed by atoms with Crippen molar-refractivity contribution in [1.82, 2.24) is 15.5 Å². The summed E-state index contributed by atoms with van der Waals surface area (Å²) in [7, 11) is 0. The zero-order valence-corrected chi connectivity index (χ0v) is 20.2. The Morgan fingerprint density at radius 1 is 1.03 bits per heavy atom. The summed E-state index contributed by atoms with van der Waals surface area (Å²) in [6.45, 7) is 4.81. The number of likely N-dealkylation sites (N-methyl/N-ethyl adjacent to an activating group) is 1. The molecular weight excluding hydrogens is 444 g/mol. The first-order valence-electron chi connectivity index (χ1n) is 12.2. The molecule has 0 radical (unpaired) electrons. The molecule has 0 spiro atoms. The third-order valence-corrected chi connectivity index (χ3v) is 6.90. The third kappa shape index (κ3) is 5.21. The SMILES string of the molecule is CCN(CC)C(=O)CN1C(=O)[C@@H](NC(=O)[C@@H]2CCC(=O)N2)[C@@H](c2ccccc2)Cc2ccccc21. The van der Waals surface area contributed by atoms with Crippen LogP contribution in [-0.2, 0) is 25.6 Å². The van der Waals surface area contributed by atoms with Gasteiger partial charge in [-0.25, -0.2) is 0 Å². The quantitative estimate of drug-likeness (QED) is 0.639. The minimum atomic E-state index is -0.890. The van der Waals surface area contributed by atoms with Gasteiger partial charge in [-0.3, -0.25) is 19.2 Å². The molecule has 8 heteroatoms. The van der Waals surface area contributed by atoms with Gasteiger partial charge in [-0.2, -0.15) is 0 Å². The van der Waals surface area contributed by atoms with Gasteiger partial charge in [-0.05, 0) is 43.9 Å². The average Bonchev–Trinajstić information content (AvgIpc) is 3.28. The number of nitrogens with zero attached hydrogens (tertiary/aromatic N) is 2. The highest BCUT2D eigenvalue weighted by Gasteiger charge is 2.41. The number of nitrogens with one attached hydrogen (secondary N) is 2. The first kappa shape index (κ1) is 24.4. The van der Waals surface area contributed by atoms with Crippen LogP contribution >= 0.6 is 0 Å². The topological polar surface area (TPSA) is 98.8 Å². The predicted molar refractivity (Wildman–Crippen MR) is 133 cm³/mol. The maximum atomic E-state index is 14.1. The van der Waals surface area contributed by atoms with Crippen LogP contribution < -0.4 is 15.5 Å². The van der Waals surface area contributed by atoms with Gasteiger partial charge in [0.2, 0.25) is 17.7 Å². The lowest BCUT2D eigenvalue weighted by Gasteiger charge is -2.31. The number of para-hydroxylation sites is 1. The maximum Gasteiger partial charge on any atom is 0.250 e. The Hall–Kier alpha value is -3.68. The van der Waals surface area contributed by atoms with E-state index in [1.807, 2.05) is 68.4 Å². The van der Waals surface area contributed by atoms with E-state index in [9.17, 15) is 19.2 Å². The van der Waals surface area contributed by atoms with Gasteiger partial charge in [0.05, 0.1) is 0 Å². The zero-order valence-electron chi connectivity index (χ0n) is 20.2. The first-order chi connectivity index (χ1) is 16.9. The summed E-state index contributed by atoms with van der Waals surface area (Å²) < 4.78 is 0. The highest BCUT2D eigenvalue weighted by atomic mass is 16.2. The largest absolute Gasteiger partial charge is 0.344 e. The van der Waals surface area contributed by atoms with Crippen LogP contribution in [-0.4, -0.2) is 60.2 Å². The van der Waals surface area contributed by atoms with Crippen LogP contribution in [0, 0.1) is 0 Å². The van der Waals surface area contributed by atoms with Crippen molar-refractivity contribution in [3.05, 3.63) is 65.7 Å². The van der Waals surface area contributed by atoms with E-state index < -0.39 is 12.1 Å². The van der Waals surface area contributed by atoms with Crippen LogP contribution in [0.1, 0.15) is 43.7 Å². The van der Waals surface area contributed by atoms with Crippen molar-refractivity contribution in [3.8, 4) is 0 Å². The molecule has 3 atom stereocenters. The van der Waals surface area contributed by atoms with Gasteiger partial charge in [0.25, 0.3) is 5.91 Å². The number of carbonyl (C=O) groups excluding carboxylic acids is 4. The molecule has 8 nitrogen and oxygen atoms in total. The number of amides is 4. The molecule has 35 heavy (non-hydrogen) atoms. The van der Waals surface area contributed by atoms with Gasteiger partial charge in [0.1, 0.15) is 18.6 Å². The number of benzene rings is 2. The number of hydrogen-bond acceptors (Lipinski definition) is 4. The molecule has 4 amide bonds. The molecule has 1 saturated heterocycles. The molecule has 1 fully saturated rings. The van der Waals surface area contributed by atoms with E-state index in [4.69, 9.17) is 0 Å². The Labute approximate surface area is 205 Å². The van der Waals surface area contributed by atoms with Gasteiger partial charge in [-0.1, -0.05) is 48.5 Å². The number of anilines is 1. The Bertz CT molecular complexity index is 1100. The van der Waals surface area contributed by atoms with Crippen LogP contribution in [0.5, 0.6) is 0 Å². The van der Waals surface area contributed by atoms with Crippen LogP contribution in [0.2, 0.25) is 0 Å². The van der Waals surface area contributed by atoms with Gasteiger partial charge in [0, 0.05) is 31.1 Å². The molecular formula is C27H32N4O4. The van der Waals surface area contributed by atoms with E-state index >= 15 is 0 Å². The van der Waals surface area contributed by atoms with E-state index in [0.29, 0.717) is 31.6 Å². The van der Waals surface area contributed by atoms with Gasteiger partial charge >= 0.3 is 0 Å². The molecule has 2 aromatic carbocycles. The number of rotatable bonds is 7. The van der Waals surface area contributed by atoms with Crippen molar-refractivity contribution < 1.29 is 19.2 Å². The van der Waals surface area contributed by atoms with E-state index in [0.717, 1.165) is 11.1 Å². The number of carbonyl (C=O) groups is 4. The standard InChI is InChI=1S/C27H32N4O4/c1-3-30(4-2)24(33)17-31-22-13-9-8-12-19(22)16-20(18-10-6-5-7-11-18)25(27(31)35)29-26(34)21-14-15-23(32)28-21/h5-13,20-21,25H,3-4,14-17H2,1-2H3,(H,28,32)(H,29,34)/t20-,21+,25+/m1/s1. The van der Waals surface area contributed by atoms with Crippen molar-refractivity contribution in [2.45, 2.75) is 51.1 Å². The van der Waals surface area contributed by atoms with E-state index in [2.05, 4.69) is 10.6 Å². The minimum absolute atomic E-state index is 0.106. The minimum Gasteiger partial charge on any atom is -0.344 e. The normalized spacial score (nSPS) is 21.7. The highest BCUT2D eigenvalue weighted by molar-refractivity contribution is 6.05. The molecule has 2 aliphatic rings. The molecule has 0 aliphatic carbocycles. The molecule has 0 saturated carbocycles. The zero-order chi connectivity index (χ0) is 24.9. The highest BCUT2D eigenvalue weighted by Crippen LogP contribution is 2.35. The molecule has 0 unspecified atom stereocenters. The summed E-state index contributed by atoms with van der Waals surface area (Å²) >= 11 is 0. The van der Waals surface area contributed by atoms with E-state index in [1.165, 1.54) is 4.90 Å². The molecule has 0 bridgehead atoms. The lowest BCUT2D eigenvalue weighted by atomic mass is 9.86. The van der Waals surface area contributed by atoms with Gasteiger partial charge in [-0.15, -0.1) is 0 Å². The molecule has 184 valence electrons. The van der Waals surface area contributed by atoms with Crippen molar-refractivity contribution in [2.24, 2.45) is 0 Å².